The van der Waals surface area contributed by atoms with Gasteiger partial charge < -0.3 is 9.88 Å². The second kappa shape index (κ2) is 7.22. The van der Waals surface area contributed by atoms with Gasteiger partial charge in [0.2, 0.25) is 5.91 Å². The fraction of sp³-hybridized carbons (Fsp3) is 0.227. The first-order valence-corrected chi connectivity index (χ1v) is 9.51. The lowest BCUT2D eigenvalue weighted by atomic mass is 9.97. The molecule has 0 spiro atoms. The number of nitrogens with one attached hydrogen (secondary N) is 1. The van der Waals surface area contributed by atoms with Gasteiger partial charge >= 0.3 is 0 Å². The number of amides is 1. The molecule has 138 valence electrons. The molecule has 0 aliphatic carbocycles. The Labute approximate surface area is 164 Å². The number of benzene rings is 2. The Balaban J connectivity index is 1.86. The van der Waals surface area contributed by atoms with Crippen molar-refractivity contribution < 1.29 is 4.79 Å². The molecular formula is C22H22ClN3O. The Kier molecular flexibility index (Phi) is 4.77. The van der Waals surface area contributed by atoms with Crippen molar-refractivity contribution in [2.45, 2.75) is 25.9 Å². The summed E-state index contributed by atoms with van der Waals surface area (Å²) in [6, 6.07) is 19.9. The van der Waals surface area contributed by atoms with Crippen LogP contribution in [0.5, 0.6) is 0 Å². The highest BCUT2D eigenvalue weighted by Crippen LogP contribution is 2.42. The van der Waals surface area contributed by atoms with Gasteiger partial charge in [0, 0.05) is 17.3 Å². The molecule has 2 aromatic carbocycles. The molecule has 0 saturated heterocycles. The highest BCUT2D eigenvalue weighted by atomic mass is 35.5. The number of fused-ring (bicyclic) bond motifs is 3. The third kappa shape index (κ3) is 3.27. The van der Waals surface area contributed by atoms with Gasteiger partial charge in [0.05, 0.1) is 23.6 Å². The van der Waals surface area contributed by atoms with Crippen molar-refractivity contribution in [1.29, 1.82) is 0 Å². The third-order valence-electron chi connectivity index (χ3n) is 4.84. The van der Waals surface area contributed by atoms with Gasteiger partial charge in [0.15, 0.2) is 0 Å². The van der Waals surface area contributed by atoms with Crippen molar-refractivity contribution >= 4 is 23.2 Å². The molecule has 0 radical (unpaired) electrons. The minimum atomic E-state index is -0.200. The predicted molar refractivity (Wildman–Crippen MR) is 110 cm³/mol. The normalized spacial score (nSPS) is 15.6. The average Bonchev–Trinajstić information content (AvgIpc) is 3.15. The van der Waals surface area contributed by atoms with Gasteiger partial charge in [-0.3, -0.25) is 9.69 Å². The number of aromatic nitrogens is 1. The number of halogens is 1. The fourth-order valence-electron chi connectivity index (χ4n) is 3.60. The topological polar surface area (TPSA) is 37.3 Å². The molecule has 27 heavy (non-hydrogen) atoms. The van der Waals surface area contributed by atoms with Crippen LogP contribution in [0.2, 0.25) is 5.02 Å². The van der Waals surface area contributed by atoms with E-state index in [1.54, 1.807) is 0 Å². The molecule has 0 bridgehead atoms. The Morgan fingerprint density at radius 2 is 1.74 bits per heavy atom. The van der Waals surface area contributed by atoms with Crippen molar-refractivity contribution in [2.75, 3.05) is 11.4 Å². The summed E-state index contributed by atoms with van der Waals surface area (Å²) in [4.78, 5) is 15.2. The SMILES string of the molecule is CC(C)NCC(=O)N1c2ccccc2-n2cccc2C1c1ccc(Cl)cc1. The lowest BCUT2D eigenvalue weighted by Crippen LogP contribution is -2.45. The molecule has 1 aliphatic heterocycles. The summed E-state index contributed by atoms with van der Waals surface area (Å²) >= 11 is 6.10. The number of carbonyl (C=O) groups excluding carboxylic acids is 1. The van der Waals surface area contributed by atoms with Gasteiger partial charge in [-0.05, 0) is 42.0 Å². The van der Waals surface area contributed by atoms with Crippen LogP contribution in [0.1, 0.15) is 31.1 Å². The first-order valence-electron chi connectivity index (χ1n) is 9.14. The molecule has 0 saturated carbocycles. The molecule has 1 atom stereocenters. The zero-order valence-corrected chi connectivity index (χ0v) is 16.1. The summed E-state index contributed by atoms with van der Waals surface area (Å²) in [6.07, 6.45) is 2.05. The third-order valence-corrected chi connectivity index (χ3v) is 5.09. The maximum atomic E-state index is 13.3. The van der Waals surface area contributed by atoms with E-state index in [0.29, 0.717) is 5.02 Å². The Morgan fingerprint density at radius 3 is 2.44 bits per heavy atom. The second-order valence-electron chi connectivity index (χ2n) is 7.05. The summed E-state index contributed by atoms with van der Waals surface area (Å²) in [5.41, 5.74) is 4.03. The van der Waals surface area contributed by atoms with E-state index < -0.39 is 0 Å². The number of hydrogen-bond acceptors (Lipinski definition) is 2. The van der Waals surface area contributed by atoms with E-state index in [0.717, 1.165) is 22.6 Å². The van der Waals surface area contributed by atoms with Gasteiger partial charge in [-0.2, -0.15) is 0 Å². The largest absolute Gasteiger partial charge is 0.316 e. The quantitative estimate of drug-likeness (QED) is 0.721. The van der Waals surface area contributed by atoms with E-state index >= 15 is 0 Å². The summed E-state index contributed by atoms with van der Waals surface area (Å²) in [5.74, 6) is 0.0450. The minimum Gasteiger partial charge on any atom is -0.316 e. The van der Waals surface area contributed by atoms with E-state index in [-0.39, 0.29) is 24.5 Å². The maximum absolute atomic E-state index is 13.3. The average molecular weight is 380 g/mol. The van der Waals surface area contributed by atoms with Gasteiger partial charge in [-0.15, -0.1) is 0 Å². The summed E-state index contributed by atoms with van der Waals surface area (Å²) in [7, 11) is 0. The zero-order chi connectivity index (χ0) is 19.0. The molecule has 5 heteroatoms. The molecule has 1 N–H and O–H groups in total. The van der Waals surface area contributed by atoms with E-state index in [1.807, 2.05) is 79.5 Å². The predicted octanol–water partition coefficient (Wildman–Crippen LogP) is 4.56. The molecule has 1 aliphatic rings. The smallest absolute Gasteiger partial charge is 0.241 e. The highest BCUT2D eigenvalue weighted by Gasteiger charge is 2.35. The number of carbonyl (C=O) groups is 1. The zero-order valence-electron chi connectivity index (χ0n) is 15.4. The van der Waals surface area contributed by atoms with E-state index in [1.165, 1.54) is 0 Å². The number of para-hydroxylation sites is 2. The van der Waals surface area contributed by atoms with Crippen molar-refractivity contribution in [3.63, 3.8) is 0 Å². The molecule has 1 unspecified atom stereocenters. The van der Waals surface area contributed by atoms with Crippen LogP contribution in [-0.2, 0) is 4.79 Å². The molecule has 2 heterocycles. The Morgan fingerprint density at radius 1 is 1.04 bits per heavy atom. The van der Waals surface area contributed by atoms with Crippen LogP contribution >= 0.6 is 11.6 Å². The second-order valence-corrected chi connectivity index (χ2v) is 7.48. The molecule has 1 amide bonds. The molecule has 3 aromatic rings. The number of rotatable bonds is 4. The van der Waals surface area contributed by atoms with Gasteiger partial charge in [-0.1, -0.05) is 49.7 Å². The summed E-state index contributed by atoms with van der Waals surface area (Å²) < 4.78 is 2.16. The van der Waals surface area contributed by atoms with Crippen LogP contribution in [0, 0.1) is 0 Å². The van der Waals surface area contributed by atoms with Gasteiger partial charge in [0.25, 0.3) is 0 Å². The lowest BCUT2D eigenvalue weighted by Gasteiger charge is -2.38. The van der Waals surface area contributed by atoms with Gasteiger partial charge in [0.1, 0.15) is 6.04 Å². The summed E-state index contributed by atoms with van der Waals surface area (Å²) in [6.45, 7) is 4.37. The Bertz CT molecular complexity index is 962. The lowest BCUT2D eigenvalue weighted by molar-refractivity contribution is -0.118. The van der Waals surface area contributed by atoms with Crippen LogP contribution < -0.4 is 10.2 Å². The monoisotopic (exact) mass is 379 g/mol. The van der Waals surface area contributed by atoms with Crippen molar-refractivity contribution in [3.8, 4) is 5.69 Å². The highest BCUT2D eigenvalue weighted by molar-refractivity contribution is 6.30. The maximum Gasteiger partial charge on any atom is 0.241 e. The molecule has 1 aromatic heterocycles. The van der Waals surface area contributed by atoms with Crippen molar-refractivity contribution in [3.05, 3.63) is 83.1 Å². The Hall–Kier alpha value is -2.56. The number of anilines is 1. The van der Waals surface area contributed by atoms with Crippen molar-refractivity contribution in [2.24, 2.45) is 0 Å². The molecule has 0 fully saturated rings. The number of nitrogens with zero attached hydrogens (tertiary/aromatic N) is 2. The van der Waals surface area contributed by atoms with E-state index in [4.69, 9.17) is 11.6 Å². The standard InChI is InChI=1S/C22H22ClN3O/c1-15(2)24-14-21(27)26-19-7-4-3-6-18(19)25-13-5-8-20(25)22(26)16-9-11-17(23)12-10-16/h3-13,15,22,24H,14H2,1-2H3. The van der Waals surface area contributed by atoms with Crippen LogP contribution in [0.4, 0.5) is 5.69 Å². The summed E-state index contributed by atoms with van der Waals surface area (Å²) in [5, 5.41) is 3.94. The molecular weight excluding hydrogens is 358 g/mol. The number of hydrogen-bond donors (Lipinski definition) is 1. The van der Waals surface area contributed by atoms with Crippen LogP contribution in [0.3, 0.4) is 0 Å². The molecule has 4 rings (SSSR count). The van der Waals surface area contributed by atoms with Crippen molar-refractivity contribution in [1.82, 2.24) is 9.88 Å². The van der Waals surface area contributed by atoms with E-state index in [2.05, 4.69) is 16.0 Å². The van der Waals surface area contributed by atoms with Crippen LogP contribution in [0.15, 0.2) is 66.9 Å². The van der Waals surface area contributed by atoms with Gasteiger partial charge in [-0.25, -0.2) is 0 Å². The first kappa shape index (κ1) is 17.8. The first-order chi connectivity index (χ1) is 13.1. The fourth-order valence-corrected chi connectivity index (χ4v) is 3.73. The minimum absolute atomic E-state index is 0.0450. The van der Waals surface area contributed by atoms with E-state index in [9.17, 15) is 4.79 Å². The molecule has 4 nitrogen and oxygen atoms in total. The van der Waals surface area contributed by atoms with Crippen LogP contribution in [-0.4, -0.2) is 23.1 Å². The van der Waals surface area contributed by atoms with Crippen LogP contribution in [0.25, 0.3) is 5.69 Å².